The van der Waals surface area contributed by atoms with Gasteiger partial charge < -0.3 is 9.84 Å². The van der Waals surface area contributed by atoms with Crippen molar-refractivity contribution in [1.29, 1.82) is 0 Å². The van der Waals surface area contributed by atoms with Crippen LogP contribution in [0.15, 0.2) is 30.3 Å². The summed E-state index contributed by atoms with van der Waals surface area (Å²) >= 11 is 0. The first kappa shape index (κ1) is 13.7. The van der Waals surface area contributed by atoms with Gasteiger partial charge in [-0.15, -0.1) is 0 Å². The normalized spacial score (nSPS) is 15.1. The lowest BCUT2D eigenvalue weighted by atomic mass is 9.73. The first-order valence-corrected chi connectivity index (χ1v) is 5.66. The lowest BCUT2D eigenvalue weighted by Crippen LogP contribution is -2.49. The predicted molar refractivity (Wildman–Crippen MR) is 66.6 cm³/mol. The molecule has 94 valence electrons. The molecule has 0 heterocycles. The lowest BCUT2D eigenvalue weighted by Gasteiger charge is -2.37. The number of aliphatic hydroxyl groups is 1. The number of esters is 1. The van der Waals surface area contributed by atoms with Crippen molar-refractivity contribution < 1.29 is 14.6 Å². The van der Waals surface area contributed by atoms with Crippen LogP contribution in [0.4, 0.5) is 0 Å². The smallest absolute Gasteiger partial charge is 0.314 e. The quantitative estimate of drug-likeness (QED) is 0.815. The van der Waals surface area contributed by atoms with E-state index in [1.54, 1.807) is 20.8 Å². The summed E-state index contributed by atoms with van der Waals surface area (Å²) in [5, 5.41) is 10.5. The molecule has 0 saturated heterocycles. The van der Waals surface area contributed by atoms with Crippen molar-refractivity contribution in [2.24, 2.45) is 5.41 Å². The maximum atomic E-state index is 11.7. The summed E-state index contributed by atoms with van der Waals surface area (Å²) in [6, 6.07) is 9.61. The van der Waals surface area contributed by atoms with Crippen LogP contribution in [0.5, 0.6) is 0 Å². The van der Waals surface area contributed by atoms with E-state index in [1.165, 1.54) is 7.11 Å². The maximum absolute atomic E-state index is 11.7. The Morgan fingerprint density at radius 3 is 2.24 bits per heavy atom. The Labute approximate surface area is 102 Å². The minimum Gasteiger partial charge on any atom is -0.469 e. The van der Waals surface area contributed by atoms with Crippen molar-refractivity contribution in [3.05, 3.63) is 35.9 Å². The van der Waals surface area contributed by atoms with Crippen molar-refractivity contribution in [2.75, 3.05) is 7.11 Å². The average Bonchev–Trinajstić information content (AvgIpc) is 2.28. The summed E-state index contributed by atoms with van der Waals surface area (Å²) in [4.78, 5) is 11.7. The number of methoxy groups -OCH3 is 1. The van der Waals surface area contributed by atoms with E-state index in [9.17, 15) is 9.90 Å². The highest BCUT2D eigenvalue weighted by Gasteiger charge is 2.46. The molecule has 0 aliphatic carbocycles. The molecular weight excluding hydrogens is 216 g/mol. The van der Waals surface area contributed by atoms with Gasteiger partial charge in [0.05, 0.1) is 18.1 Å². The predicted octanol–water partition coefficient (Wildman–Crippen LogP) is 2.18. The number of hydrogen-bond donors (Lipinski definition) is 1. The third-order valence-corrected chi connectivity index (χ3v) is 3.43. The Bertz CT molecular complexity index is 380. The van der Waals surface area contributed by atoms with Crippen LogP contribution < -0.4 is 0 Å². The summed E-state index contributed by atoms with van der Waals surface area (Å²) in [6.07, 6.45) is 0.413. The molecule has 0 saturated carbocycles. The number of ether oxygens (including phenoxy) is 1. The number of rotatable bonds is 4. The Kier molecular flexibility index (Phi) is 3.94. The minimum atomic E-state index is -1.15. The van der Waals surface area contributed by atoms with Gasteiger partial charge >= 0.3 is 5.97 Å². The second-order valence-electron chi connectivity index (χ2n) is 5.05. The average molecular weight is 236 g/mol. The molecule has 1 N–H and O–H groups in total. The van der Waals surface area contributed by atoms with Crippen molar-refractivity contribution in [3.63, 3.8) is 0 Å². The van der Waals surface area contributed by atoms with Crippen LogP contribution in [0.1, 0.15) is 26.3 Å². The molecule has 0 fully saturated rings. The van der Waals surface area contributed by atoms with Crippen LogP contribution in [-0.4, -0.2) is 23.8 Å². The minimum absolute atomic E-state index is 0.404. The van der Waals surface area contributed by atoms with Gasteiger partial charge in [-0.3, -0.25) is 4.79 Å². The van der Waals surface area contributed by atoms with Crippen LogP contribution in [-0.2, 0) is 16.0 Å². The highest BCUT2D eigenvalue weighted by Crippen LogP contribution is 2.34. The van der Waals surface area contributed by atoms with Crippen LogP contribution in [0, 0.1) is 5.41 Å². The second kappa shape index (κ2) is 4.88. The zero-order chi connectivity index (χ0) is 13.1. The molecule has 1 rings (SSSR count). The molecule has 0 aromatic heterocycles. The van der Waals surface area contributed by atoms with E-state index < -0.39 is 17.0 Å². The van der Waals surface area contributed by atoms with Gasteiger partial charge in [0.2, 0.25) is 0 Å². The topological polar surface area (TPSA) is 46.5 Å². The summed E-state index contributed by atoms with van der Waals surface area (Å²) in [6.45, 7) is 5.06. The van der Waals surface area contributed by atoms with E-state index in [0.717, 1.165) is 5.56 Å². The molecule has 1 atom stereocenters. The molecule has 0 spiro atoms. The van der Waals surface area contributed by atoms with Gasteiger partial charge in [-0.1, -0.05) is 30.3 Å². The third kappa shape index (κ3) is 2.86. The Morgan fingerprint density at radius 1 is 1.24 bits per heavy atom. The van der Waals surface area contributed by atoms with Crippen molar-refractivity contribution in [1.82, 2.24) is 0 Å². The Balaban J connectivity index is 2.92. The fourth-order valence-corrected chi connectivity index (χ4v) is 1.69. The molecule has 0 amide bonds. The molecule has 17 heavy (non-hydrogen) atoms. The molecule has 0 bridgehead atoms. The van der Waals surface area contributed by atoms with Crippen molar-refractivity contribution >= 4 is 5.97 Å². The lowest BCUT2D eigenvalue weighted by molar-refractivity contribution is -0.166. The molecule has 1 unspecified atom stereocenters. The second-order valence-corrected chi connectivity index (χ2v) is 5.05. The van der Waals surface area contributed by atoms with E-state index in [1.807, 2.05) is 30.3 Å². The zero-order valence-corrected chi connectivity index (χ0v) is 10.9. The van der Waals surface area contributed by atoms with Gasteiger partial charge in [0.15, 0.2) is 0 Å². The summed E-state index contributed by atoms with van der Waals surface area (Å²) in [5.74, 6) is -0.404. The van der Waals surface area contributed by atoms with E-state index in [0.29, 0.717) is 6.42 Å². The number of carbonyl (C=O) groups excluding carboxylic acids is 1. The molecule has 3 heteroatoms. The van der Waals surface area contributed by atoms with Gasteiger partial charge in [0.1, 0.15) is 0 Å². The number of carbonyl (C=O) groups is 1. The molecule has 0 aliphatic rings. The van der Waals surface area contributed by atoms with Gasteiger partial charge in [-0.05, 0) is 26.3 Å². The van der Waals surface area contributed by atoms with Crippen LogP contribution in [0.25, 0.3) is 0 Å². The molecule has 0 radical (unpaired) electrons. The summed E-state index contributed by atoms with van der Waals surface area (Å²) < 4.78 is 4.74. The Hall–Kier alpha value is -1.35. The molecule has 3 nitrogen and oxygen atoms in total. The van der Waals surface area contributed by atoms with E-state index in [4.69, 9.17) is 4.74 Å². The number of hydrogen-bond acceptors (Lipinski definition) is 3. The first-order chi connectivity index (χ1) is 7.81. The SMILES string of the molecule is COC(=O)C(C)(C)C(C)(O)Cc1ccccc1. The fraction of sp³-hybridized carbons (Fsp3) is 0.500. The van der Waals surface area contributed by atoms with Crippen LogP contribution in [0.3, 0.4) is 0 Å². The largest absolute Gasteiger partial charge is 0.469 e. The molecule has 1 aromatic rings. The van der Waals surface area contributed by atoms with Gasteiger partial charge in [-0.25, -0.2) is 0 Å². The standard InChI is InChI=1S/C14H20O3/c1-13(2,12(15)17-4)14(3,16)10-11-8-6-5-7-9-11/h5-9,16H,10H2,1-4H3. The van der Waals surface area contributed by atoms with Crippen molar-refractivity contribution in [3.8, 4) is 0 Å². The van der Waals surface area contributed by atoms with Gasteiger partial charge in [0.25, 0.3) is 0 Å². The Morgan fingerprint density at radius 2 is 1.76 bits per heavy atom. The van der Waals surface area contributed by atoms with E-state index >= 15 is 0 Å². The zero-order valence-electron chi connectivity index (χ0n) is 10.9. The monoisotopic (exact) mass is 236 g/mol. The van der Waals surface area contributed by atoms with Crippen LogP contribution in [0.2, 0.25) is 0 Å². The van der Waals surface area contributed by atoms with Crippen LogP contribution >= 0.6 is 0 Å². The van der Waals surface area contributed by atoms with Gasteiger partial charge in [0, 0.05) is 6.42 Å². The highest BCUT2D eigenvalue weighted by molar-refractivity contribution is 5.77. The van der Waals surface area contributed by atoms with E-state index in [-0.39, 0.29) is 0 Å². The molecule has 0 aliphatic heterocycles. The molecule has 1 aromatic carbocycles. The maximum Gasteiger partial charge on any atom is 0.314 e. The highest BCUT2D eigenvalue weighted by atomic mass is 16.5. The number of benzene rings is 1. The van der Waals surface area contributed by atoms with E-state index in [2.05, 4.69) is 0 Å². The first-order valence-electron chi connectivity index (χ1n) is 5.66. The fourth-order valence-electron chi connectivity index (χ4n) is 1.69. The van der Waals surface area contributed by atoms with Gasteiger partial charge in [-0.2, -0.15) is 0 Å². The summed E-state index contributed by atoms with van der Waals surface area (Å²) in [7, 11) is 1.34. The van der Waals surface area contributed by atoms with Crippen molar-refractivity contribution in [2.45, 2.75) is 32.8 Å². The summed E-state index contributed by atoms with van der Waals surface area (Å²) in [5.41, 5.74) is -1.10. The third-order valence-electron chi connectivity index (χ3n) is 3.43. The molecular formula is C14H20O3.